The molecule has 0 saturated carbocycles. The number of hydrogen-bond donors (Lipinski definition) is 1. The minimum absolute atomic E-state index is 0.0196. The van der Waals surface area contributed by atoms with Gasteiger partial charge in [0.05, 0.1) is 62.0 Å². The average Bonchev–Trinajstić information content (AvgIpc) is 3.68. The summed E-state index contributed by atoms with van der Waals surface area (Å²) in [6, 6.07) is 5.78. The molecular weight excluding hydrogens is 721 g/mol. The number of benzene rings is 2. The van der Waals surface area contributed by atoms with Gasteiger partial charge in [0.15, 0.2) is 29.2 Å². The first-order valence-corrected chi connectivity index (χ1v) is 20.2. The molecule has 6 rings (SSSR count). The Hall–Kier alpha value is -4.34. The zero-order valence-corrected chi connectivity index (χ0v) is 32.1. The lowest BCUT2D eigenvalue weighted by Crippen LogP contribution is -2.51. The van der Waals surface area contributed by atoms with Crippen molar-refractivity contribution in [3.8, 4) is 23.0 Å². The molecule has 0 spiro atoms. The van der Waals surface area contributed by atoms with Gasteiger partial charge < -0.3 is 38.6 Å². The van der Waals surface area contributed by atoms with Gasteiger partial charge in [-0.3, -0.25) is 14.6 Å². The number of aliphatic hydroxyl groups is 1. The number of ether oxygens (including phenoxy) is 5. The Labute approximate surface area is 317 Å². The van der Waals surface area contributed by atoms with E-state index in [4.69, 9.17) is 23.7 Å². The first-order valence-electron chi connectivity index (χ1n) is 17.6. The van der Waals surface area contributed by atoms with E-state index >= 15 is 0 Å². The molecule has 4 atom stereocenters. The van der Waals surface area contributed by atoms with E-state index in [2.05, 4.69) is 18.2 Å². The van der Waals surface area contributed by atoms with E-state index in [1.54, 1.807) is 69.0 Å². The fourth-order valence-electron chi connectivity index (χ4n) is 6.99. The van der Waals surface area contributed by atoms with E-state index in [0.29, 0.717) is 79.7 Å². The van der Waals surface area contributed by atoms with Crippen LogP contribution in [0.25, 0.3) is 0 Å². The largest absolute Gasteiger partial charge is 0.493 e. The summed E-state index contributed by atoms with van der Waals surface area (Å²) in [5.74, 6) is 1.18. The molecule has 1 unspecified atom stereocenters. The van der Waals surface area contributed by atoms with Gasteiger partial charge >= 0.3 is 6.09 Å². The van der Waals surface area contributed by atoms with Crippen LogP contribution in [0.4, 0.5) is 16.2 Å². The summed E-state index contributed by atoms with van der Waals surface area (Å²) in [6.07, 6.45) is 4.83. The number of rotatable bonds is 14. The van der Waals surface area contributed by atoms with Gasteiger partial charge in [-0.1, -0.05) is 45.9 Å². The van der Waals surface area contributed by atoms with E-state index < -0.39 is 18.4 Å². The molecule has 2 fully saturated rings. The maximum atomic E-state index is 13.8. The molecule has 1 N–H and O–H groups in total. The lowest BCUT2D eigenvalue weighted by Gasteiger charge is -2.31. The highest BCUT2D eigenvalue weighted by molar-refractivity contribution is 8.76. The van der Waals surface area contributed by atoms with Crippen molar-refractivity contribution >= 4 is 57.1 Å². The smallest absolute Gasteiger partial charge is 0.416 e. The van der Waals surface area contributed by atoms with Crippen LogP contribution in [0.3, 0.4) is 0 Å². The quantitative estimate of drug-likeness (QED) is 0.132. The molecule has 2 aromatic carbocycles. The van der Waals surface area contributed by atoms with E-state index in [9.17, 15) is 19.5 Å². The second kappa shape index (κ2) is 16.8. The fraction of sp³-hybridized carbons (Fsp3) is 0.474. The minimum Gasteiger partial charge on any atom is -0.493 e. The Morgan fingerprint density at radius 1 is 0.906 bits per heavy atom. The first-order chi connectivity index (χ1) is 25.5. The molecule has 3 amide bonds. The van der Waals surface area contributed by atoms with Gasteiger partial charge in [-0.05, 0) is 57.4 Å². The van der Waals surface area contributed by atoms with Gasteiger partial charge in [0, 0.05) is 36.7 Å². The SMILES string of the molecule is C=C1C[C@H]2C=Nc3cc(OCCCCCOc4cc5c(cc4OC)C(=O)N4CC(=C)C[C@H]4C(O)N5C(=O)OC[C@@H](C)SSC)c(OC)cc3C(=O)N2C1. The fourth-order valence-corrected chi connectivity index (χ4v) is 8.59. The van der Waals surface area contributed by atoms with Crippen LogP contribution in [0.15, 0.2) is 53.6 Å². The number of carbonyl (C=O) groups excluding carboxylic acids is 3. The second-order valence-corrected chi connectivity index (χ2v) is 16.3. The van der Waals surface area contributed by atoms with Crippen molar-refractivity contribution < 1.29 is 43.2 Å². The summed E-state index contributed by atoms with van der Waals surface area (Å²) in [6.45, 7) is 11.6. The topological polar surface area (TPSA) is 140 Å². The van der Waals surface area contributed by atoms with Crippen LogP contribution < -0.4 is 23.8 Å². The lowest BCUT2D eigenvalue weighted by molar-refractivity contribution is 0.0491. The molecule has 2 saturated heterocycles. The Morgan fingerprint density at radius 2 is 1.53 bits per heavy atom. The van der Waals surface area contributed by atoms with Crippen LogP contribution in [0, 0.1) is 0 Å². The second-order valence-electron chi connectivity index (χ2n) is 13.4. The molecule has 4 aliphatic rings. The predicted octanol–water partition coefficient (Wildman–Crippen LogP) is 6.26. The summed E-state index contributed by atoms with van der Waals surface area (Å²) >= 11 is 0. The van der Waals surface area contributed by atoms with E-state index in [-0.39, 0.29) is 47.5 Å². The Balaban J connectivity index is 1.09. The van der Waals surface area contributed by atoms with Gasteiger partial charge in [0.1, 0.15) is 6.61 Å². The Kier molecular flexibility index (Phi) is 12.1. The van der Waals surface area contributed by atoms with Gasteiger partial charge in [-0.2, -0.15) is 0 Å². The number of nitrogens with zero attached hydrogens (tertiary/aromatic N) is 4. The van der Waals surface area contributed by atoms with E-state index in [1.165, 1.54) is 7.11 Å². The molecule has 4 heterocycles. The van der Waals surface area contributed by atoms with Crippen molar-refractivity contribution in [2.24, 2.45) is 4.99 Å². The molecule has 0 bridgehead atoms. The van der Waals surface area contributed by atoms with Crippen LogP contribution in [0.5, 0.6) is 23.0 Å². The van der Waals surface area contributed by atoms with Crippen molar-refractivity contribution in [2.75, 3.05) is 58.3 Å². The highest BCUT2D eigenvalue weighted by atomic mass is 33.1. The predicted molar refractivity (Wildman–Crippen MR) is 207 cm³/mol. The first kappa shape index (κ1) is 38.4. The molecule has 13 nitrogen and oxygen atoms in total. The van der Waals surface area contributed by atoms with Crippen LogP contribution in [-0.2, 0) is 4.74 Å². The van der Waals surface area contributed by atoms with Crippen molar-refractivity contribution in [3.05, 3.63) is 59.7 Å². The van der Waals surface area contributed by atoms with Crippen molar-refractivity contribution in [1.82, 2.24) is 9.80 Å². The van der Waals surface area contributed by atoms with Crippen LogP contribution in [0.2, 0.25) is 0 Å². The van der Waals surface area contributed by atoms with E-state index in [1.807, 2.05) is 13.2 Å². The number of carbonyl (C=O) groups is 3. The number of aliphatic imine (C=N–C) groups is 1. The maximum absolute atomic E-state index is 13.8. The molecule has 284 valence electrons. The third-order valence-electron chi connectivity index (χ3n) is 9.59. The molecule has 0 aliphatic carbocycles. The summed E-state index contributed by atoms with van der Waals surface area (Å²) in [7, 11) is 6.17. The summed E-state index contributed by atoms with van der Waals surface area (Å²) in [5.41, 5.74) is 3.20. The maximum Gasteiger partial charge on any atom is 0.416 e. The third kappa shape index (κ3) is 8.11. The highest BCUT2D eigenvalue weighted by Gasteiger charge is 2.46. The summed E-state index contributed by atoms with van der Waals surface area (Å²) in [5, 5.41) is 11.6. The lowest BCUT2D eigenvalue weighted by atomic mass is 10.1. The van der Waals surface area contributed by atoms with Crippen LogP contribution >= 0.6 is 21.6 Å². The molecule has 0 radical (unpaired) electrons. The number of amides is 3. The van der Waals surface area contributed by atoms with E-state index in [0.717, 1.165) is 22.5 Å². The molecule has 15 heteroatoms. The highest BCUT2D eigenvalue weighted by Crippen LogP contribution is 2.42. The van der Waals surface area contributed by atoms with Gasteiger partial charge in [0.25, 0.3) is 11.8 Å². The molecular formula is C38H46N4O9S2. The summed E-state index contributed by atoms with van der Waals surface area (Å²) in [4.78, 5) is 49.7. The van der Waals surface area contributed by atoms with Gasteiger partial charge in [-0.15, -0.1) is 0 Å². The monoisotopic (exact) mass is 766 g/mol. The molecule has 0 aromatic heterocycles. The zero-order valence-electron chi connectivity index (χ0n) is 30.5. The number of hydrogen-bond acceptors (Lipinski definition) is 12. The van der Waals surface area contributed by atoms with Crippen LogP contribution in [-0.4, -0.2) is 116 Å². The van der Waals surface area contributed by atoms with Crippen molar-refractivity contribution in [1.29, 1.82) is 0 Å². The summed E-state index contributed by atoms with van der Waals surface area (Å²) < 4.78 is 29.1. The number of methoxy groups -OCH3 is 2. The van der Waals surface area contributed by atoms with Crippen molar-refractivity contribution in [2.45, 2.75) is 62.6 Å². The molecule has 53 heavy (non-hydrogen) atoms. The number of aliphatic hydroxyl groups excluding tert-OH is 1. The normalized spacial score (nSPS) is 21.0. The number of anilines is 1. The Bertz CT molecular complexity index is 1800. The number of unbranched alkanes of at least 4 members (excludes halogenated alkanes) is 2. The van der Waals surface area contributed by atoms with Gasteiger partial charge in [0.2, 0.25) is 0 Å². The zero-order chi connectivity index (χ0) is 37.8. The number of fused-ring (bicyclic) bond motifs is 4. The molecule has 4 aliphatic heterocycles. The average molecular weight is 767 g/mol. The van der Waals surface area contributed by atoms with Crippen LogP contribution in [0.1, 0.15) is 59.7 Å². The van der Waals surface area contributed by atoms with Crippen molar-refractivity contribution in [3.63, 3.8) is 0 Å². The molecule has 2 aromatic rings. The Morgan fingerprint density at radius 3 is 2.21 bits per heavy atom. The third-order valence-corrected chi connectivity index (χ3v) is 11.8. The van der Waals surface area contributed by atoms with Gasteiger partial charge in [-0.25, -0.2) is 9.69 Å². The minimum atomic E-state index is -1.36. The standard InChI is InChI=1S/C38H46N4O9S2/c1-22-12-25-18-39-28-16-33(31(47-4)14-26(28)35(43)40(25)19-22)49-10-8-7-9-11-50-34-17-29-27(15-32(34)48-5)36(44)41-20-23(2)13-30(41)37(45)42(29)38(46)51-21-24(3)53-52-6/h14-18,24-25,30,37,45H,1-2,7-13,19-21H2,3-6H3/t24-,25+,30+,37?/m1/s1.